The highest BCUT2D eigenvalue weighted by Crippen LogP contribution is 2.39. The molecule has 8 heteroatoms. The lowest BCUT2D eigenvalue weighted by Crippen LogP contribution is -2.55. The van der Waals surface area contributed by atoms with Gasteiger partial charge < -0.3 is 10.2 Å². The van der Waals surface area contributed by atoms with E-state index in [1.165, 1.54) is 0 Å². The Morgan fingerprint density at radius 3 is 2.59 bits per heavy atom. The second kappa shape index (κ2) is 4.56. The molecule has 22 heavy (non-hydrogen) atoms. The highest BCUT2D eigenvalue weighted by atomic mass is 16.2. The molecule has 2 saturated heterocycles. The Morgan fingerprint density at radius 1 is 1.27 bits per heavy atom. The first-order chi connectivity index (χ1) is 10.6. The van der Waals surface area contributed by atoms with Crippen molar-refractivity contribution in [1.82, 2.24) is 25.7 Å². The number of hydrogen-bond acceptors (Lipinski definition) is 4. The zero-order valence-electron chi connectivity index (χ0n) is 12.0. The molecule has 1 aromatic rings. The highest BCUT2D eigenvalue weighted by Gasteiger charge is 2.48. The Hall–Kier alpha value is -2.38. The second-order valence-corrected chi connectivity index (χ2v) is 6.27. The van der Waals surface area contributed by atoms with Gasteiger partial charge in [0.1, 0.15) is 11.2 Å². The maximum Gasteiger partial charge on any atom is 0.322 e. The number of amides is 4. The van der Waals surface area contributed by atoms with Crippen molar-refractivity contribution >= 4 is 17.8 Å². The average molecular weight is 303 g/mol. The minimum atomic E-state index is -0.849. The molecule has 4 rings (SSSR count). The fourth-order valence-electron chi connectivity index (χ4n) is 3.18. The zero-order valence-corrected chi connectivity index (χ0v) is 12.0. The van der Waals surface area contributed by atoms with Crippen LogP contribution in [0.5, 0.6) is 0 Å². The number of aromatic nitrogens is 2. The topological polar surface area (TPSA) is 107 Å². The molecule has 1 aliphatic carbocycles. The summed E-state index contributed by atoms with van der Waals surface area (Å²) in [6.45, 7) is 0.857. The third-order valence-electron chi connectivity index (χ3n) is 4.75. The Kier molecular flexibility index (Phi) is 2.75. The third-order valence-corrected chi connectivity index (χ3v) is 4.75. The van der Waals surface area contributed by atoms with Gasteiger partial charge >= 0.3 is 6.03 Å². The SMILES string of the molecule is O=C1NC(=O)C2(CCN(C(=O)c3cc(C4CC4)[nH]n3)CC2)N1. The molecule has 3 heterocycles. The molecule has 4 amide bonds. The zero-order chi connectivity index (χ0) is 15.3. The first-order valence-corrected chi connectivity index (χ1v) is 7.56. The monoisotopic (exact) mass is 303 g/mol. The summed E-state index contributed by atoms with van der Waals surface area (Å²) < 4.78 is 0. The number of carbonyl (C=O) groups is 3. The van der Waals surface area contributed by atoms with Crippen LogP contribution in [0.4, 0.5) is 4.79 Å². The minimum absolute atomic E-state index is 0.122. The molecule has 1 aromatic heterocycles. The summed E-state index contributed by atoms with van der Waals surface area (Å²) in [6.07, 6.45) is 3.15. The fraction of sp³-hybridized carbons (Fsp3) is 0.571. The average Bonchev–Trinajstić information content (AvgIpc) is 3.17. The van der Waals surface area contributed by atoms with Crippen molar-refractivity contribution in [3.8, 4) is 0 Å². The van der Waals surface area contributed by atoms with Gasteiger partial charge in [-0.15, -0.1) is 0 Å². The number of hydrogen-bond donors (Lipinski definition) is 3. The number of carbonyl (C=O) groups excluding carboxylic acids is 3. The van der Waals surface area contributed by atoms with Gasteiger partial charge in [0.25, 0.3) is 11.8 Å². The van der Waals surface area contributed by atoms with E-state index in [1.54, 1.807) is 4.90 Å². The number of aromatic amines is 1. The van der Waals surface area contributed by atoms with Gasteiger partial charge in [-0.1, -0.05) is 0 Å². The van der Waals surface area contributed by atoms with Crippen molar-refractivity contribution in [1.29, 1.82) is 0 Å². The fourth-order valence-corrected chi connectivity index (χ4v) is 3.18. The summed E-state index contributed by atoms with van der Waals surface area (Å²) >= 11 is 0. The van der Waals surface area contributed by atoms with Gasteiger partial charge in [0.15, 0.2) is 0 Å². The second-order valence-electron chi connectivity index (χ2n) is 6.27. The van der Waals surface area contributed by atoms with Crippen LogP contribution in [-0.2, 0) is 4.79 Å². The Balaban J connectivity index is 1.43. The molecule has 3 N–H and O–H groups in total. The van der Waals surface area contributed by atoms with Crippen LogP contribution in [0.25, 0.3) is 0 Å². The van der Waals surface area contributed by atoms with Gasteiger partial charge in [-0.25, -0.2) is 4.79 Å². The molecule has 0 atom stereocenters. The summed E-state index contributed by atoms with van der Waals surface area (Å²) in [5.41, 5.74) is 0.607. The summed E-state index contributed by atoms with van der Waals surface area (Å²) in [7, 11) is 0. The van der Waals surface area contributed by atoms with Gasteiger partial charge in [-0.3, -0.25) is 20.0 Å². The molecule has 0 bridgehead atoms. The van der Waals surface area contributed by atoms with Gasteiger partial charge in [-0.05, 0) is 31.7 Å². The molecule has 116 valence electrons. The largest absolute Gasteiger partial charge is 0.337 e. The first kappa shape index (κ1) is 13.3. The van der Waals surface area contributed by atoms with Gasteiger partial charge in [0, 0.05) is 24.7 Å². The van der Waals surface area contributed by atoms with E-state index < -0.39 is 11.6 Å². The smallest absolute Gasteiger partial charge is 0.322 e. The number of nitrogens with zero attached hydrogens (tertiary/aromatic N) is 2. The van der Waals surface area contributed by atoms with Crippen molar-refractivity contribution in [3.05, 3.63) is 17.5 Å². The van der Waals surface area contributed by atoms with E-state index in [-0.39, 0.29) is 11.8 Å². The standard InChI is InChI=1S/C14H17N5O3/c20-11(10-7-9(17-18-10)8-1-2-8)19-5-3-14(4-6-19)12(21)15-13(22)16-14/h7-8H,1-6H2,(H,17,18)(H2,15,16,21,22). The summed E-state index contributed by atoms with van der Waals surface area (Å²) in [4.78, 5) is 37.3. The van der Waals surface area contributed by atoms with Crippen LogP contribution in [0.2, 0.25) is 0 Å². The molecule has 0 aromatic carbocycles. The lowest BCUT2D eigenvalue weighted by atomic mass is 9.87. The molecule has 3 aliphatic rings. The number of likely N-dealkylation sites (tertiary alicyclic amines) is 1. The quantitative estimate of drug-likeness (QED) is 0.674. The van der Waals surface area contributed by atoms with Crippen molar-refractivity contribution in [2.75, 3.05) is 13.1 Å². The number of H-pyrrole nitrogens is 1. The summed E-state index contributed by atoms with van der Waals surface area (Å²) in [5.74, 6) is 0.110. The van der Waals surface area contributed by atoms with E-state index in [9.17, 15) is 14.4 Å². The van der Waals surface area contributed by atoms with E-state index in [4.69, 9.17) is 0 Å². The van der Waals surface area contributed by atoms with Crippen molar-refractivity contribution in [2.45, 2.75) is 37.1 Å². The predicted octanol–water partition coefficient (Wildman–Crippen LogP) is 0.101. The van der Waals surface area contributed by atoms with Crippen LogP contribution in [-0.4, -0.2) is 51.6 Å². The number of imide groups is 1. The molecular weight excluding hydrogens is 286 g/mol. The summed E-state index contributed by atoms with van der Waals surface area (Å²) in [6, 6.07) is 1.38. The maximum absolute atomic E-state index is 12.5. The first-order valence-electron chi connectivity index (χ1n) is 7.56. The van der Waals surface area contributed by atoms with Gasteiger partial charge in [0.2, 0.25) is 0 Å². The molecular formula is C14H17N5O3. The molecule has 2 aliphatic heterocycles. The number of piperidine rings is 1. The Labute approximate surface area is 126 Å². The van der Waals surface area contributed by atoms with Gasteiger partial charge in [-0.2, -0.15) is 5.10 Å². The normalized spacial score (nSPS) is 23.5. The van der Waals surface area contributed by atoms with Gasteiger partial charge in [0.05, 0.1) is 0 Å². The van der Waals surface area contributed by atoms with E-state index in [2.05, 4.69) is 20.8 Å². The summed E-state index contributed by atoms with van der Waals surface area (Å²) in [5, 5.41) is 12.0. The molecule has 0 unspecified atom stereocenters. The van der Waals surface area contributed by atoms with E-state index in [0.29, 0.717) is 37.5 Å². The minimum Gasteiger partial charge on any atom is -0.337 e. The molecule has 8 nitrogen and oxygen atoms in total. The van der Waals surface area contributed by atoms with Crippen LogP contribution in [0.3, 0.4) is 0 Å². The molecule has 0 radical (unpaired) electrons. The lowest BCUT2D eigenvalue weighted by Gasteiger charge is -2.36. The Morgan fingerprint density at radius 2 is 2.00 bits per heavy atom. The Bertz CT molecular complexity index is 655. The molecule has 1 spiro atoms. The van der Waals surface area contributed by atoms with Crippen LogP contribution in [0.15, 0.2) is 6.07 Å². The predicted molar refractivity (Wildman–Crippen MR) is 75.1 cm³/mol. The number of rotatable bonds is 2. The van der Waals surface area contributed by atoms with Crippen LogP contribution in [0, 0.1) is 0 Å². The van der Waals surface area contributed by atoms with E-state index in [0.717, 1.165) is 18.5 Å². The third kappa shape index (κ3) is 2.06. The highest BCUT2D eigenvalue weighted by molar-refractivity contribution is 6.07. The maximum atomic E-state index is 12.5. The van der Waals surface area contributed by atoms with Crippen LogP contribution >= 0.6 is 0 Å². The van der Waals surface area contributed by atoms with E-state index >= 15 is 0 Å². The van der Waals surface area contributed by atoms with Crippen LogP contribution < -0.4 is 10.6 Å². The van der Waals surface area contributed by atoms with Crippen molar-refractivity contribution in [3.63, 3.8) is 0 Å². The van der Waals surface area contributed by atoms with E-state index in [1.807, 2.05) is 6.07 Å². The molecule has 1 saturated carbocycles. The number of nitrogens with one attached hydrogen (secondary N) is 3. The molecule has 3 fully saturated rings. The number of urea groups is 1. The van der Waals surface area contributed by atoms with Crippen molar-refractivity contribution < 1.29 is 14.4 Å². The lowest BCUT2D eigenvalue weighted by molar-refractivity contribution is -0.125. The van der Waals surface area contributed by atoms with Crippen LogP contribution in [0.1, 0.15) is 47.8 Å². The van der Waals surface area contributed by atoms with Crippen molar-refractivity contribution in [2.24, 2.45) is 0 Å².